The van der Waals surface area contributed by atoms with Crippen molar-refractivity contribution in [3.05, 3.63) is 89.2 Å². The smallest absolute Gasteiger partial charge is 0.267 e. The lowest BCUT2D eigenvalue weighted by Crippen LogP contribution is -2.36. The SMILES string of the molecule is Cc1cccc(NC(=O)c2ccc(F)c(S(=O)(=O)N3CCCc4ccccc43)c2)c1. The maximum absolute atomic E-state index is 14.6. The molecule has 1 aliphatic rings. The number of carbonyl (C=O) groups excluding carboxylic acids is 1. The van der Waals surface area contributed by atoms with Gasteiger partial charge in [0, 0.05) is 17.8 Å². The van der Waals surface area contributed by atoms with Crippen LogP contribution in [0.25, 0.3) is 0 Å². The zero-order chi connectivity index (χ0) is 21.3. The lowest BCUT2D eigenvalue weighted by molar-refractivity contribution is 0.102. The van der Waals surface area contributed by atoms with E-state index in [9.17, 15) is 17.6 Å². The summed E-state index contributed by atoms with van der Waals surface area (Å²) in [6.45, 7) is 2.16. The van der Waals surface area contributed by atoms with Crippen LogP contribution < -0.4 is 9.62 Å². The van der Waals surface area contributed by atoms with Crippen LogP contribution in [0.5, 0.6) is 0 Å². The van der Waals surface area contributed by atoms with Crippen molar-refractivity contribution >= 4 is 27.3 Å². The maximum Gasteiger partial charge on any atom is 0.267 e. The van der Waals surface area contributed by atoms with Crippen molar-refractivity contribution in [3.63, 3.8) is 0 Å². The maximum atomic E-state index is 14.6. The van der Waals surface area contributed by atoms with E-state index in [0.29, 0.717) is 17.8 Å². The number of nitrogens with zero attached hydrogens (tertiary/aromatic N) is 1. The summed E-state index contributed by atoms with van der Waals surface area (Å²) >= 11 is 0. The molecule has 4 rings (SSSR count). The molecule has 5 nitrogen and oxygen atoms in total. The average Bonchev–Trinajstić information content (AvgIpc) is 2.73. The van der Waals surface area contributed by atoms with E-state index in [1.165, 1.54) is 10.4 Å². The van der Waals surface area contributed by atoms with E-state index >= 15 is 0 Å². The molecule has 0 bridgehead atoms. The molecular weight excluding hydrogens is 403 g/mol. The number of amides is 1. The van der Waals surface area contributed by atoms with Gasteiger partial charge in [0.1, 0.15) is 10.7 Å². The molecular formula is C23H21FN2O3S. The van der Waals surface area contributed by atoms with E-state index in [0.717, 1.165) is 29.7 Å². The van der Waals surface area contributed by atoms with Gasteiger partial charge in [0.15, 0.2) is 0 Å². The van der Waals surface area contributed by atoms with Crippen LogP contribution in [0.4, 0.5) is 15.8 Å². The number of hydrogen-bond acceptors (Lipinski definition) is 3. The molecule has 0 saturated carbocycles. The molecule has 1 amide bonds. The van der Waals surface area contributed by atoms with Gasteiger partial charge < -0.3 is 5.32 Å². The molecule has 0 aromatic heterocycles. The van der Waals surface area contributed by atoms with E-state index in [4.69, 9.17) is 0 Å². The molecule has 0 radical (unpaired) electrons. The number of fused-ring (bicyclic) bond motifs is 1. The molecule has 0 aliphatic carbocycles. The third-order valence-electron chi connectivity index (χ3n) is 5.11. The van der Waals surface area contributed by atoms with Gasteiger partial charge in [-0.1, -0.05) is 30.3 Å². The zero-order valence-electron chi connectivity index (χ0n) is 16.4. The van der Waals surface area contributed by atoms with Gasteiger partial charge >= 0.3 is 0 Å². The number of sulfonamides is 1. The molecule has 0 atom stereocenters. The highest BCUT2D eigenvalue weighted by atomic mass is 32.2. The van der Waals surface area contributed by atoms with Crippen molar-refractivity contribution in [2.75, 3.05) is 16.2 Å². The summed E-state index contributed by atoms with van der Waals surface area (Å²) in [5.74, 6) is -1.39. The average molecular weight is 424 g/mol. The molecule has 0 unspecified atom stereocenters. The number of carbonyl (C=O) groups is 1. The predicted molar refractivity (Wildman–Crippen MR) is 115 cm³/mol. The summed E-state index contributed by atoms with van der Waals surface area (Å²) in [6, 6.07) is 17.8. The van der Waals surface area contributed by atoms with Crippen molar-refractivity contribution in [3.8, 4) is 0 Å². The zero-order valence-corrected chi connectivity index (χ0v) is 17.2. The van der Waals surface area contributed by atoms with Crippen LogP contribution in [0.1, 0.15) is 27.9 Å². The first kappa shape index (κ1) is 20.1. The normalized spacial score (nSPS) is 13.6. The van der Waals surface area contributed by atoms with Crippen molar-refractivity contribution < 1.29 is 17.6 Å². The van der Waals surface area contributed by atoms with E-state index in [1.807, 2.05) is 25.1 Å². The number of benzene rings is 3. The fraction of sp³-hybridized carbons (Fsp3) is 0.174. The van der Waals surface area contributed by atoms with Crippen molar-refractivity contribution in [2.24, 2.45) is 0 Å². The quantitative estimate of drug-likeness (QED) is 0.669. The summed E-state index contributed by atoms with van der Waals surface area (Å²) in [7, 11) is -4.16. The van der Waals surface area contributed by atoms with E-state index in [2.05, 4.69) is 5.32 Å². The standard InChI is InChI=1S/C23H21FN2O3S/c1-16-6-4-9-19(14-16)25-23(27)18-11-12-20(24)22(15-18)30(28,29)26-13-5-8-17-7-2-3-10-21(17)26/h2-4,6-7,9-12,14-15H,5,8,13H2,1H3,(H,25,27). The number of hydrogen-bond donors (Lipinski definition) is 1. The Kier molecular flexibility index (Phi) is 5.30. The number of aryl methyl sites for hydroxylation is 2. The topological polar surface area (TPSA) is 66.5 Å². The number of rotatable bonds is 4. The minimum atomic E-state index is -4.16. The predicted octanol–water partition coefficient (Wildman–Crippen LogP) is 4.53. The van der Waals surface area contributed by atoms with E-state index in [-0.39, 0.29) is 12.1 Å². The largest absolute Gasteiger partial charge is 0.322 e. The Balaban J connectivity index is 1.69. The Morgan fingerprint density at radius 1 is 1.03 bits per heavy atom. The second-order valence-corrected chi connectivity index (χ2v) is 9.11. The molecule has 1 aliphatic heterocycles. The summed E-state index contributed by atoms with van der Waals surface area (Å²) < 4.78 is 42.4. The van der Waals surface area contributed by atoms with Crippen molar-refractivity contribution in [1.82, 2.24) is 0 Å². The number of nitrogens with one attached hydrogen (secondary N) is 1. The second-order valence-electron chi connectivity index (χ2n) is 7.28. The van der Waals surface area contributed by atoms with Gasteiger partial charge in [-0.25, -0.2) is 12.8 Å². The van der Waals surface area contributed by atoms with Gasteiger partial charge in [-0.3, -0.25) is 9.10 Å². The highest BCUT2D eigenvalue weighted by Gasteiger charge is 2.31. The molecule has 1 heterocycles. The van der Waals surface area contributed by atoms with Gasteiger partial charge in [-0.2, -0.15) is 0 Å². The van der Waals surface area contributed by atoms with Crippen LogP contribution in [0, 0.1) is 12.7 Å². The Bertz CT molecular complexity index is 1220. The number of anilines is 2. The van der Waals surface area contributed by atoms with E-state index < -0.39 is 26.6 Å². The van der Waals surface area contributed by atoms with Gasteiger partial charge in [0.25, 0.3) is 15.9 Å². The minimum absolute atomic E-state index is 0.0711. The summed E-state index contributed by atoms with van der Waals surface area (Å²) in [4.78, 5) is 12.1. The van der Waals surface area contributed by atoms with Crippen LogP contribution in [0.2, 0.25) is 0 Å². The lowest BCUT2D eigenvalue weighted by Gasteiger charge is -2.30. The Labute approximate surface area is 175 Å². The number of halogens is 1. The molecule has 154 valence electrons. The molecule has 7 heteroatoms. The lowest BCUT2D eigenvalue weighted by atomic mass is 10.0. The van der Waals surface area contributed by atoms with Crippen LogP contribution in [-0.4, -0.2) is 20.9 Å². The molecule has 1 N–H and O–H groups in total. The van der Waals surface area contributed by atoms with Crippen LogP contribution in [0.15, 0.2) is 71.6 Å². The third-order valence-corrected chi connectivity index (χ3v) is 6.93. The highest BCUT2D eigenvalue weighted by Crippen LogP contribution is 2.33. The Morgan fingerprint density at radius 3 is 2.63 bits per heavy atom. The van der Waals surface area contributed by atoms with Crippen LogP contribution in [0.3, 0.4) is 0 Å². The molecule has 30 heavy (non-hydrogen) atoms. The van der Waals surface area contributed by atoms with Crippen molar-refractivity contribution in [2.45, 2.75) is 24.7 Å². The molecule has 0 saturated heterocycles. The second kappa shape index (κ2) is 7.91. The first-order chi connectivity index (χ1) is 14.4. The fourth-order valence-corrected chi connectivity index (χ4v) is 5.27. The minimum Gasteiger partial charge on any atom is -0.322 e. The summed E-state index contributed by atoms with van der Waals surface area (Å²) in [5.41, 5.74) is 3.08. The number of para-hydroxylation sites is 1. The Morgan fingerprint density at radius 2 is 1.83 bits per heavy atom. The van der Waals surface area contributed by atoms with Crippen LogP contribution >= 0.6 is 0 Å². The highest BCUT2D eigenvalue weighted by molar-refractivity contribution is 7.92. The van der Waals surface area contributed by atoms with Gasteiger partial charge in [0.05, 0.1) is 5.69 Å². The summed E-state index contributed by atoms with van der Waals surface area (Å²) in [5, 5.41) is 2.72. The van der Waals surface area contributed by atoms with Gasteiger partial charge in [0.2, 0.25) is 0 Å². The summed E-state index contributed by atoms with van der Waals surface area (Å²) in [6.07, 6.45) is 1.41. The monoisotopic (exact) mass is 424 g/mol. The van der Waals surface area contributed by atoms with Crippen LogP contribution in [-0.2, 0) is 16.4 Å². The van der Waals surface area contributed by atoms with E-state index in [1.54, 1.807) is 30.3 Å². The third kappa shape index (κ3) is 3.80. The first-order valence-corrected chi connectivity index (χ1v) is 11.1. The molecule has 0 spiro atoms. The fourth-order valence-electron chi connectivity index (χ4n) is 3.64. The first-order valence-electron chi connectivity index (χ1n) is 9.64. The Hall–Kier alpha value is -3.19. The molecule has 3 aromatic rings. The van der Waals surface area contributed by atoms with Crippen molar-refractivity contribution in [1.29, 1.82) is 0 Å². The molecule has 0 fully saturated rings. The molecule has 3 aromatic carbocycles. The van der Waals surface area contributed by atoms with Gasteiger partial charge in [-0.15, -0.1) is 0 Å². The van der Waals surface area contributed by atoms with Gasteiger partial charge in [-0.05, 0) is 67.3 Å².